The zero-order chi connectivity index (χ0) is 12.3. The molecule has 2 nitrogen and oxygen atoms in total. The minimum atomic E-state index is -0.0622. The average Bonchev–Trinajstić information content (AvgIpc) is 2.34. The maximum absolute atomic E-state index is 9.26. The smallest absolute Gasteiger partial charge is 0.119 e. The maximum atomic E-state index is 9.26. The SMILES string of the molecule is OCc1cccc(Cl)c1Sc1ncccc1Cl. The van der Waals surface area contributed by atoms with Crippen molar-refractivity contribution in [1.82, 2.24) is 4.98 Å². The second-order valence-electron chi connectivity index (χ2n) is 3.28. The molecule has 0 aliphatic carbocycles. The molecule has 0 atom stereocenters. The molecule has 0 radical (unpaired) electrons. The van der Waals surface area contributed by atoms with E-state index in [0.717, 1.165) is 10.5 Å². The molecule has 0 bridgehead atoms. The molecule has 0 spiro atoms. The van der Waals surface area contributed by atoms with Gasteiger partial charge in [-0.15, -0.1) is 0 Å². The molecular formula is C12H9Cl2NOS. The summed E-state index contributed by atoms with van der Waals surface area (Å²) in [6.45, 7) is -0.0622. The summed E-state index contributed by atoms with van der Waals surface area (Å²) in [5.74, 6) is 0. The van der Waals surface area contributed by atoms with E-state index in [1.165, 1.54) is 11.8 Å². The van der Waals surface area contributed by atoms with E-state index in [4.69, 9.17) is 23.2 Å². The van der Waals surface area contributed by atoms with Crippen LogP contribution in [0, 0.1) is 0 Å². The molecule has 2 aromatic rings. The fourth-order valence-electron chi connectivity index (χ4n) is 1.34. The molecular weight excluding hydrogens is 277 g/mol. The van der Waals surface area contributed by atoms with Gasteiger partial charge in [0.2, 0.25) is 0 Å². The van der Waals surface area contributed by atoms with Crippen LogP contribution in [0.5, 0.6) is 0 Å². The van der Waals surface area contributed by atoms with Crippen LogP contribution in [-0.2, 0) is 6.61 Å². The highest BCUT2D eigenvalue weighted by atomic mass is 35.5. The Morgan fingerprint density at radius 2 is 1.88 bits per heavy atom. The quantitative estimate of drug-likeness (QED) is 0.924. The van der Waals surface area contributed by atoms with Gasteiger partial charge in [0.15, 0.2) is 0 Å². The van der Waals surface area contributed by atoms with E-state index < -0.39 is 0 Å². The Bertz CT molecular complexity index is 534. The topological polar surface area (TPSA) is 33.1 Å². The Kier molecular flexibility index (Phi) is 4.29. The molecule has 0 saturated carbocycles. The summed E-state index contributed by atoms with van der Waals surface area (Å²) in [5, 5.41) is 11.1. The van der Waals surface area contributed by atoms with Crippen LogP contribution in [0.2, 0.25) is 10.0 Å². The first kappa shape index (κ1) is 12.7. The van der Waals surface area contributed by atoms with Gasteiger partial charge in [-0.05, 0) is 23.8 Å². The molecule has 0 amide bonds. The zero-order valence-electron chi connectivity index (χ0n) is 8.73. The first-order chi connectivity index (χ1) is 8.22. The predicted octanol–water partition coefficient (Wildman–Crippen LogP) is 4.03. The van der Waals surface area contributed by atoms with Gasteiger partial charge >= 0.3 is 0 Å². The third kappa shape index (κ3) is 2.93. The third-order valence-corrected chi connectivity index (χ3v) is 4.19. The molecule has 2 rings (SSSR count). The number of halogens is 2. The number of hydrogen-bond donors (Lipinski definition) is 1. The van der Waals surface area contributed by atoms with Crippen LogP contribution in [0.4, 0.5) is 0 Å². The van der Waals surface area contributed by atoms with E-state index in [0.29, 0.717) is 15.1 Å². The Labute approximate surface area is 114 Å². The highest BCUT2D eigenvalue weighted by Crippen LogP contribution is 2.37. The molecule has 1 aromatic heterocycles. The van der Waals surface area contributed by atoms with E-state index in [-0.39, 0.29) is 6.61 Å². The van der Waals surface area contributed by atoms with Crippen LogP contribution in [0.15, 0.2) is 46.5 Å². The molecule has 0 saturated heterocycles. The van der Waals surface area contributed by atoms with Gasteiger partial charge in [0.25, 0.3) is 0 Å². The summed E-state index contributed by atoms with van der Waals surface area (Å²) in [6.07, 6.45) is 1.67. The summed E-state index contributed by atoms with van der Waals surface area (Å²) in [6, 6.07) is 8.95. The number of aliphatic hydroxyl groups excluding tert-OH is 1. The molecule has 17 heavy (non-hydrogen) atoms. The summed E-state index contributed by atoms with van der Waals surface area (Å²) in [4.78, 5) is 4.97. The lowest BCUT2D eigenvalue weighted by Gasteiger charge is -2.09. The van der Waals surface area contributed by atoms with Crippen molar-refractivity contribution < 1.29 is 5.11 Å². The summed E-state index contributed by atoms with van der Waals surface area (Å²) >= 11 is 13.5. The molecule has 1 aromatic carbocycles. The van der Waals surface area contributed by atoms with Crippen molar-refractivity contribution in [1.29, 1.82) is 0 Å². The number of aliphatic hydroxyl groups is 1. The second-order valence-corrected chi connectivity index (χ2v) is 5.09. The normalized spacial score (nSPS) is 10.5. The van der Waals surface area contributed by atoms with Gasteiger partial charge in [-0.2, -0.15) is 0 Å². The highest BCUT2D eigenvalue weighted by Gasteiger charge is 2.11. The lowest BCUT2D eigenvalue weighted by Crippen LogP contribution is -1.89. The average molecular weight is 286 g/mol. The molecule has 0 fully saturated rings. The number of benzene rings is 1. The van der Waals surface area contributed by atoms with Gasteiger partial charge < -0.3 is 5.11 Å². The Morgan fingerprint density at radius 3 is 2.59 bits per heavy atom. The Hall–Kier alpha value is -0.740. The first-order valence-electron chi connectivity index (χ1n) is 4.89. The molecule has 0 aliphatic rings. The highest BCUT2D eigenvalue weighted by molar-refractivity contribution is 7.99. The third-order valence-electron chi connectivity index (χ3n) is 2.14. The Morgan fingerprint density at radius 1 is 1.12 bits per heavy atom. The predicted molar refractivity (Wildman–Crippen MR) is 70.7 cm³/mol. The largest absolute Gasteiger partial charge is 0.392 e. The number of nitrogens with zero attached hydrogens (tertiary/aromatic N) is 1. The van der Waals surface area contributed by atoms with Gasteiger partial charge in [0.05, 0.1) is 16.7 Å². The number of hydrogen-bond acceptors (Lipinski definition) is 3. The summed E-state index contributed by atoms with van der Waals surface area (Å²) in [5.41, 5.74) is 0.768. The Balaban J connectivity index is 2.39. The lowest BCUT2D eigenvalue weighted by molar-refractivity contribution is 0.279. The maximum Gasteiger partial charge on any atom is 0.119 e. The van der Waals surface area contributed by atoms with Crippen LogP contribution < -0.4 is 0 Å². The van der Waals surface area contributed by atoms with E-state index in [9.17, 15) is 5.11 Å². The van der Waals surface area contributed by atoms with E-state index in [1.54, 1.807) is 30.5 Å². The fraction of sp³-hybridized carbons (Fsp3) is 0.0833. The summed E-state index contributed by atoms with van der Waals surface area (Å²) < 4.78 is 0. The van der Waals surface area contributed by atoms with Crippen LogP contribution in [0.25, 0.3) is 0 Å². The van der Waals surface area contributed by atoms with Crippen molar-refractivity contribution in [3.05, 3.63) is 52.1 Å². The van der Waals surface area contributed by atoms with Gasteiger partial charge in [-0.3, -0.25) is 0 Å². The number of pyridine rings is 1. The molecule has 1 N–H and O–H groups in total. The summed E-state index contributed by atoms with van der Waals surface area (Å²) in [7, 11) is 0. The van der Waals surface area contributed by atoms with Gasteiger partial charge in [-0.25, -0.2) is 4.98 Å². The van der Waals surface area contributed by atoms with Crippen molar-refractivity contribution in [2.75, 3.05) is 0 Å². The standard InChI is InChI=1S/C12H9Cl2NOS/c13-9-4-1-3-8(7-16)11(9)17-12-10(14)5-2-6-15-12/h1-6,16H,7H2. The zero-order valence-corrected chi connectivity index (χ0v) is 11.1. The van der Waals surface area contributed by atoms with Crippen molar-refractivity contribution in [2.45, 2.75) is 16.5 Å². The fourth-order valence-corrected chi connectivity index (χ4v) is 2.78. The minimum Gasteiger partial charge on any atom is -0.392 e. The monoisotopic (exact) mass is 285 g/mol. The van der Waals surface area contributed by atoms with Crippen LogP contribution >= 0.6 is 35.0 Å². The first-order valence-corrected chi connectivity index (χ1v) is 6.46. The van der Waals surface area contributed by atoms with E-state index in [2.05, 4.69) is 4.98 Å². The molecule has 1 heterocycles. The van der Waals surface area contributed by atoms with Crippen molar-refractivity contribution in [2.24, 2.45) is 0 Å². The van der Waals surface area contributed by atoms with Gasteiger partial charge in [-0.1, -0.05) is 47.1 Å². The minimum absolute atomic E-state index is 0.0622. The second kappa shape index (κ2) is 5.74. The van der Waals surface area contributed by atoms with Crippen molar-refractivity contribution >= 4 is 35.0 Å². The molecule has 0 aliphatic heterocycles. The van der Waals surface area contributed by atoms with Crippen molar-refractivity contribution in [3.63, 3.8) is 0 Å². The molecule has 5 heteroatoms. The van der Waals surface area contributed by atoms with E-state index >= 15 is 0 Å². The van der Waals surface area contributed by atoms with Gasteiger partial charge in [0.1, 0.15) is 5.03 Å². The van der Waals surface area contributed by atoms with Crippen LogP contribution in [-0.4, -0.2) is 10.1 Å². The van der Waals surface area contributed by atoms with Crippen LogP contribution in [0.3, 0.4) is 0 Å². The lowest BCUT2D eigenvalue weighted by atomic mass is 10.2. The number of rotatable bonds is 3. The van der Waals surface area contributed by atoms with Gasteiger partial charge in [0, 0.05) is 11.1 Å². The molecule has 0 unspecified atom stereocenters. The molecule has 88 valence electrons. The van der Waals surface area contributed by atoms with Crippen LogP contribution in [0.1, 0.15) is 5.56 Å². The van der Waals surface area contributed by atoms with E-state index in [1.807, 2.05) is 6.07 Å². The van der Waals surface area contributed by atoms with Crippen molar-refractivity contribution in [3.8, 4) is 0 Å². The number of aromatic nitrogens is 1.